The molecule has 2 aliphatic carbocycles. The number of aromatic nitrogens is 2. The van der Waals surface area contributed by atoms with Crippen LogP contribution in [0.3, 0.4) is 0 Å². The molecule has 0 unspecified atom stereocenters. The van der Waals surface area contributed by atoms with E-state index in [-0.39, 0.29) is 18.1 Å². The standard InChI is InChI=1S/C21H24FN3O3/c22-14-6-4-7-15(12-14)23-19(26)13-24-18-11-5-10-17(18)20(27)25(21(24)28)16-8-2-1-3-9-16/h4,6-7,12,16H,1-3,5,8-11,13H2,(H,23,26). The lowest BCUT2D eigenvalue weighted by Gasteiger charge is -2.25. The Kier molecular flexibility index (Phi) is 5.15. The Balaban J connectivity index is 1.68. The first-order valence-corrected chi connectivity index (χ1v) is 9.97. The summed E-state index contributed by atoms with van der Waals surface area (Å²) in [6.07, 6.45) is 6.87. The Hall–Kier alpha value is -2.70. The molecule has 1 fully saturated rings. The van der Waals surface area contributed by atoms with E-state index < -0.39 is 17.4 Å². The van der Waals surface area contributed by atoms with Crippen molar-refractivity contribution in [2.75, 3.05) is 5.32 Å². The van der Waals surface area contributed by atoms with Gasteiger partial charge in [0, 0.05) is 23.0 Å². The molecule has 2 aromatic rings. The number of fused-ring (bicyclic) bond motifs is 1. The maximum atomic E-state index is 13.3. The molecule has 1 N–H and O–H groups in total. The second-order valence-corrected chi connectivity index (χ2v) is 7.67. The summed E-state index contributed by atoms with van der Waals surface area (Å²) < 4.78 is 16.2. The van der Waals surface area contributed by atoms with Gasteiger partial charge in [-0.25, -0.2) is 9.18 Å². The number of rotatable bonds is 4. The number of carbonyl (C=O) groups excluding carboxylic acids is 1. The lowest BCUT2D eigenvalue weighted by molar-refractivity contribution is -0.116. The summed E-state index contributed by atoms with van der Waals surface area (Å²) in [6.45, 7) is -0.176. The highest BCUT2D eigenvalue weighted by Gasteiger charge is 2.27. The van der Waals surface area contributed by atoms with E-state index in [1.807, 2.05) is 0 Å². The van der Waals surface area contributed by atoms with Crippen LogP contribution >= 0.6 is 0 Å². The monoisotopic (exact) mass is 385 g/mol. The van der Waals surface area contributed by atoms with E-state index in [0.29, 0.717) is 29.8 Å². The zero-order valence-corrected chi connectivity index (χ0v) is 15.7. The number of anilines is 1. The third kappa shape index (κ3) is 3.53. The van der Waals surface area contributed by atoms with Crippen molar-refractivity contribution in [2.24, 2.45) is 0 Å². The second-order valence-electron chi connectivity index (χ2n) is 7.67. The van der Waals surface area contributed by atoms with Crippen LogP contribution in [0.5, 0.6) is 0 Å². The van der Waals surface area contributed by atoms with Crippen LogP contribution in [0.2, 0.25) is 0 Å². The number of benzene rings is 1. The van der Waals surface area contributed by atoms with Crippen LogP contribution in [0.25, 0.3) is 0 Å². The Morgan fingerprint density at radius 1 is 1.11 bits per heavy atom. The summed E-state index contributed by atoms with van der Waals surface area (Å²) in [5.74, 6) is -0.850. The van der Waals surface area contributed by atoms with Gasteiger partial charge in [0.05, 0.1) is 0 Å². The van der Waals surface area contributed by atoms with Crippen LogP contribution in [-0.2, 0) is 24.2 Å². The number of nitrogens with one attached hydrogen (secondary N) is 1. The van der Waals surface area contributed by atoms with E-state index in [9.17, 15) is 18.8 Å². The molecule has 1 saturated carbocycles. The summed E-state index contributed by atoms with van der Waals surface area (Å²) >= 11 is 0. The minimum atomic E-state index is -0.443. The van der Waals surface area contributed by atoms with Gasteiger partial charge in [0.2, 0.25) is 5.91 Å². The van der Waals surface area contributed by atoms with Gasteiger partial charge in [-0.15, -0.1) is 0 Å². The van der Waals surface area contributed by atoms with Gasteiger partial charge in [-0.05, 0) is 50.3 Å². The molecule has 0 aliphatic heterocycles. The molecule has 0 bridgehead atoms. The predicted molar refractivity (Wildman–Crippen MR) is 104 cm³/mol. The lowest BCUT2D eigenvalue weighted by Crippen LogP contribution is -2.46. The smallest absolute Gasteiger partial charge is 0.324 e. The molecular weight excluding hydrogens is 361 g/mol. The molecule has 6 nitrogen and oxygen atoms in total. The summed E-state index contributed by atoms with van der Waals surface area (Å²) in [5, 5.41) is 2.64. The minimum absolute atomic E-state index is 0.0859. The Bertz CT molecular complexity index is 1020. The zero-order valence-electron chi connectivity index (χ0n) is 15.7. The normalized spacial score (nSPS) is 16.8. The van der Waals surface area contributed by atoms with E-state index in [1.54, 1.807) is 6.07 Å². The molecule has 0 radical (unpaired) electrons. The molecule has 1 aromatic heterocycles. The van der Waals surface area contributed by atoms with E-state index in [4.69, 9.17) is 0 Å². The first-order valence-electron chi connectivity index (χ1n) is 9.97. The minimum Gasteiger partial charge on any atom is -0.324 e. The molecule has 4 rings (SSSR count). The summed E-state index contributed by atoms with van der Waals surface area (Å²) in [5.41, 5.74) is 1.12. The number of hydrogen-bond donors (Lipinski definition) is 1. The van der Waals surface area contributed by atoms with Crippen molar-refractivity contribution < 1.29 is 9.18 Å². The summed E-state index contributed by atoms with van der Waals surface area (Å²) in [4.78, 5) is 38.7. The van der Waals surface area contributed by atoms with Crippen molar-refractivity contribution in [3.63, 3.8) is 0 Å². The summed E-state index contributed by atoms with van der Waals surface area (Å²) in [7, 11) is 0. The van der Waals surface area contributed by atoms with Crippen LogP contribution in [0.1, 0.15) is 55.8 Å². The average molecular weight is 385 g/mol. The number of hydrogen-bond acceptors (Lipinski definition) is 3. The average Bonchev–Trinajstić information content (AvgIpc) is 3.16. The quantitative estimate of drug-likeness (QED) is 0.880. The number of carbonyl (C=O) groups is 1. The van der Waals surface area contributed by atoms with Gasteiger partial charge in [0.1, 0.15) is 12.4 Å². The fourth-order valence-corrected chi connectivity index (χ4v) is 4.47. The van der Waals surface area contributed by atoms with Gasteiger partial charge in [0.25, 0.3) is 5.56 Å². The van der Waals surface area contributed by atoms with Crippen LogP contribution in [0, 0.1) is 5.82 Å². The van der Waals surface area contributed by atoms with Crippen molar-refractivity contribution >= 4 is 11.6 Å². The highest BCUT2D eigenvalue weighted by molar-refractivity contribution is 5.90. The molecular formula is C21H24FN3O3. The molecule has 7 heteroatoms. The van der Waals surface area contributed by atoms with Crippen LogP contribution in [0.15, 0.2) is 33.9 Å². The largest absolute Gasteiger partial charge is 0.331 e. The molecule has 148 valence electrons. The molecule has 1 amide bonds. The van der Waals surface area contributed by atoms with Gasteiger partial charge in [0.15, 0.2) is 0 Å². The van der Waals surface area contributed by atoms with Crippen molar-refractivity contribution in [2.45, 2.75) is 64.0 Å². The molecule has 0 atom stereocenters. The Morgan fingerprint density at radius 3 is 2.64 bits per heavy atom. The van der Waals surface area contributed by atoms with Crippen molar-refractivity contribution in [1.29, 1.82) is 0 Å². The Labute approximate surface area is 162 Å². The third-order valence-corrected chi connectivity index (χ3v) is 5.78. The number of amides is 1. The maximum Gasteiger partial charge on any atom is 0.331 e. The van der Waals surface area contributed by atoms with E-state index in [2.05, 4.69) is 5.32 Å². The highest BCUT2D eigenvalue weighted by atomic mass is 19.1. The van der Waals surface area contributed by atoms with E-state index in [1.165, 1.54) is 27.3 Å². The SMILES string of the molecule is O=C(Cn1c2c(c(=O)n(C3CCCCC3)c1=O)CCC2)Nc1cccc(F)c1. The second kappa shape index (κ2) is 7.73. The van der Waals surface area contributed by atoms with Gasteiger partial charge >= 0.3 is 5.69 Å². The molecule has 0 saturated heterocycles. The Morgan fingerprint density at radius 2 is 1.89 bits per heavy atom. The van der Waals surface area contributed by atoms with E-state index >= 15 is 0 Å². The van der Waals surface area contributed by atoms with Gasteiger partial charge < -0.3 is 5.32 Å². The van der Waals surface area contributed by atoms with Crippen molar-refractivity contribution in [3.05, 3.63) is 62.2 Å². The topological polar surface area (TPSA) is 73.1 Å². The van der Waals surface area contributed by atoms with Crippen LogP contribution < -0.4 is 16.6 Å². The van der Waals surface area contributed by atoms with Gasteiger partial charge in [-0.3, -0.25) is 18.7 Å². The fraction of sp³-hybridized carbons (Fsp3) is 0.476. The van der Waals surface area contributed by atoms with Crippen molar-refractivity contribution in [3.8, 4) is 0 Å². The first kappa shape index (κ1) is 18.7. The van der Waals surface area contributed by atoms with Crippen LogP contribution in [0.4, 0.5) is 10.1 Å². The molecule has 1 heterocycles. The molecule has 2 aliphatic rings. The van der Waals surface area contributed by atoms with Gasteiger partial charge in [-0.2, -0.15) is 0 Å². The highest BCUT2D eigenvalue weighted by Crippen LogP contribution is 2.27. The maximum absolute atomic E-state index is 13.3. The summed E-state index contributed by atoms with van der Waals surface area (Å²) in [6, 6.07) is 5.55. The first-order chi connectivity index (χ1) is 13.5. The third-order valence-electron chi connectivity index (χ3n) is 5.78. The number of nitrogens with zero attached hydrogens (tertiary/aromatic N) is 2. The number of halogens is 1. The van der Waals surface area contributed by atoms with Crippen molar-refractivity contribution in [1.82, 2.24) is 9.13 Å². The molecule has 1 aromatic carbocycles. The fourth-order valence-electron chi connectivity index (χ4n) is 4.47. The lowest BCUT2D eigenvalue weighted by atomic mass is 9.95. The molecule has 28 heavy (non-hydrogen) atoms. The predicted octanol–water partition coefficient (Wildman–Crippen LogP) is 2.78. The zero-order chi connectivity index (χ0) is 19.7. The molecule has 0 spiro atoms. The van der Waals surface area contributed by atoms with E-state index in [0.717, 1.165) is 38.5 Å². The van der Waals surface area contributed by atoms with Gasteiger partial charge in [-0.1, -0.05) is 25.3 Å². The van der Waals surface area contributed by atoms with Crippen LogP contribution in [-0.4, -0.2) is 15.0 Å².